The summed E-state index contributed by atoms with van der Waals surface area (Å²) in [5.74, 6) is -0.854. The van der Waals surface area contributed by atoms with Gasteiger partial charge in [-0.25, -0.2) is 8.42 Å². The Morgan fingerprint density at radius 3 is 2.21 bits per heavy atom. The van der Waals surface area contributed by atoms with Crippen molar-refractivity contribution >= 4 is 44.7 Å². The number of nitrogens with one attached hydrogen (secondary N) is 1. The van der Waals surface area contributed by atoms with Crippen LogP contribution in [-0.2, 0) is 14.8 Å². The first-order valence-electron chi connectivity index (χ1n) is 10.4. The Hall–Kier alpha value is -3.16. The van der Waals surface area contributed by atoms with Gasteiger partial charge in [-0.3, -0.25) is 13.9 Å². The van der Waals surface area contributed by atoms with Crippen LogP contribution in [-0.4, -0.2) is 32.4 Å². The number of carbonyl (C=O) groups excluding carboxylic acids is 2. The van der Waals surface area contributed by atoms with E-state index in [0.717, 1.165) is 16.1 Å². The highest BCUT2D eigenvalue weighted by Crippen LogP contribution is 2.27. The maximum absolute atomic E-state index is 13.3. The van der Waals surface area contributed by atoms with Crippen LogP contribution in [0.15, 0.2) is 72.8 Å². The number of sulfonamides is 1. The third-order valence-corrected chi connectivity index (χ3v) is 6.55. The molecule has 3 rings (SSSR count). The molecule has 0 bridgehead atoms. The van der Waals surface area contributed by atoms with Gasteiger partial charge in [0.2, 0.25) is 15.9 Å². The van der Waals surface area contributed by atoms with E-state index in [9.17, 15) is 18.0 Å². The van der Waals surface area contributed by atoms with E-state index < -0.39 is 22.0 Å². The van der Waals surface area contributed by atoms with Gasteiger partial charge in [0.05, 0.1) is 17.6 Å². The number of nitrogens with zero attached hydrogens (tertiary/aromatic N) is 1. The first kappa shape index (κ1) is 24.5. The van der Waals surface area contributed by atoms with Gasteiger partial charge in [0.25, 0.3) is 0 Å². The molecule has 0 heterocycles. The van der Waals surface area contributed by atoms with E-state index >= 15 is 0 Å². The topological polar surface area (TPSA) is 83.6 Å². The lowest BCUT2D eigenvalue weighted by molar-refractivity contribution is -0.117. The molecular weight excluding hydrogens is 460 g/mol. The van der Waals surface area contributed by atoms with Crippen molar-refractivity contribution in [1.29, 1.82) is 0 Å². The molecule has 3 aromatic rings. The Morgan fingerprint density at radius 1 is 1.00 bits per heavy atom. The quantitative estimate of drug-likeness (QED) is 0.453. The van der Waals surface area contributed by atoms with Gasteiger partial charge in [-0.2, -0.15) is 0 Å². The van der Waals surface area contributed by atoms with Gasteiger partial charge in [-0.05, 0) is 43.7 Å². The lowest BCUT2D eigenvalue weighted by Crippen LogP contribution is -2.47. The molecule has 6 nitrogen and oxygen atoms in total. The van der Waals surface area contributed by atoms with E-state index in [1.165, 1.54) is 6.07 Å². The third kappa shape index (κ3) is 5.80. The van der Waals surface area contributed by atoms with Gasteiger partial charge in [-0.15, -0.1) is 0 Å². The summed E-state index contributed by atoms with van der Waals surface area (Å²) in [7, 11) is -3.77. The lowest BCUT2D eigenvalue weighted by atomic mass is 10.0. The minimum Gasteiger partial charge on any atom is -0.324 e. The molecule has 172 valence electrons. The van der Waals surface area contributed by atoms with Crippen molar-refractivity contribution < 1.29 is 18.0 Å². The fraction of sp³-hybridized carbons (Fsp3) is 0.200. The summed E-state index contributed by atoms with van der Waals surface area (Å²) in [5.41, 5.74) is 2.28. The van der Waals surface area contributed by atoms with Crippen LogP contribution in [0.3, 0.4) is 0 Å². The van der Waals surface area contributed by atoms with Gasteiger partial charge >= 0.3 is 0 Å². The summed E-state index contributed by atoms with van der Waals surface area (Å²) in [6, 6.07) is 19.1. The maximum Gasteiger partial charge on any atom is 0.248 e. The first-order valence-corrected chi connectivity index (χ1v) is 12.6. The molecular formula is C25H25ClN2O4S. The van der Waals surface area contributed by atoms with Crippen molar-refractivity contribution in [1.82, 2.24) is 0 Å². The number of halogens is 1. The smallest absolute Gasteiger partial charge is 0.248 e. The lowest BCUT2D eigenvalue weighted by Gasteiger charge is -2.30. The molecule has 0 aliphatic carbocycles. The molecule has 3 aromatic carbocycles. The molecule has 0 saturated heterocycles. The minimum atomic E-state index is -3.77. The Bertz CT molecular complexity index is 1260. The van der Waals surface area contributed by atoms with E-state index in [1.807, 2.05) is 6.92 Å². The number of hydrogen-bond donors (Lipinski definition) is 1. The van der Waals surface area contributed by atoms with Gasteiger partial charge in [0.15, 0.2) is 5.78 Å². The second-order valence-electron chi connectivity index (χ2n) is 7.69. The molecule has 0 radical (unpaired) electrons. The molecule has 0 saturated carbocycles. The first-order chi connectivity index (χ1) is 15.6. The van der Waals surface area contributed by atoms with Crippen LogP contribution in [0.5, 0.6) is 0 Å². The number of carbonyl (C=O) groups is 2. The van der Waals surface area contributed by atoms with E-state index in [-0.39, 0.29) is 23.5 Å². The molecule has 1 atom stereocenters. The van der Waals surface area contributed by atoms with Crippen LogP contribution < -0.4 is 9.62 Å². The summed E-state index contributed by atoms with van der Waals surface area (Å²) in [4.78, 5) is 26.4. The predicted octanol–water partition coefficient (Wildman–Crippen LogP) is 5.06. The Balaban J connectivity index is 1.98. The van der Waals surface area contributed by atoms with E-state index in [2.05, 4.69) is 5.32 Å². The van der Waals surface area contributed by atoms with Crippen molar-refractivity contribution in [2.24, 2.45) is 0 Å². The summed E-state index contributed by atoms with van der Waals surface area (Å²) in [5, 5.41) is 3.09. The monoisotopic (exact) mass is 484 g/mol. The highest BCUT2D eigenvalue weighted by molar-refractivity contribution is 7.92. The van der Waals surface area contributed by atoms with Crippen LogP contribution in [0.25, 0.3) is 0 Å². The van der Waals surface area contributed by atoms with Gasteiger partial charge in [0.1, 0.15) is 6.04 Å². The molecule has 33 heavy (non-hydrogen) atoms. The zero-order chi connectivity index (χ0) is 24.2. The second-order valence-corrected chi connectivity index (χ2v) is 9.99. The molecule has 0 fully saturated rings. The summed E-state index contributed by atoms with van der Waals surface area (Å²) >= 11 is 6.13. The summed E-state index contributed by atoms with van der Waals surface area (Å²) in [6.45, 7) is 3.62. The predicted molar refractivity (Wildman–Crippen MR) is 133 cm³/mol. The van der Waals surface area contributed by atoms with E-state index in [0.29, 0.717) is 16.3 Å². The van der Waals surface area contributed by atoms with Crippen molar-refractivity contribution in [3.8, 4) is 0 Å². The molecule has 0 aliphatic rings. The normalized spacial score (nSPS) is 12.1. The van der Waals surface area contributed by atoms with Crippen LogP contribution in [0.2, 0.25) is 5.02 Å². The molecule has 0 unspecified atom stereocenters. The zero-order valence-electron chi connectivity index (χ0n) is 18.6. The van der Waals surface area contributed by atoms with Gasteiger partial charge in [0, 0.05) is 16.1 Å². The molecule has 1 amide bonds. The van der Waals surface area contributed by atoms with Crippen molar-refractivity contribution in [3.63, 3.8) is 0 Å². The second kappa shape index (κ2) is 10.2. The number of rotatable bonds is 8. The van der Waals surface area contributed by atoms with Crippen molar-refractivity contribution in [2.45, 2.75) is 26.3 Å². The Kier molecular flexibility index (Phi) is 7.56. The fourth-order valence-electron chi connectivity index (χ4n) is 3.53. The number of anilines is 2. The Labute approximate surface area is 199 Å². The van der Waals surface area contributed by atoms with E-state index in [1.54, 1.807) is 73.7 Å². The highest BCUT2D eigenvalue weighted by atomic mass is 35.5. The fourth-order valence-corrected chi connectivity index (χ4v) is 4.91. The maximum atomic E-state index is 13.3. The summed E-state index contributed by atoms with van der Waals surface area (Å²) in [6.07, 6.45) is 1.29. The standard InChI is InChI=1S/C25H25ClN2O4S/c1-4-23(28(33(3,31)32)20-13-10-17(2)11-14-20)25(30)27-22-15-12-19(26)16-21(22)24(29)18-8-6-5-7-9-18/h5-16,23H,4H2,1-3H3,(H,27,30)/t23-/m0/s1. The molecule has 8 heteroatoms. The number of amides is 1. The number of benzene rings is 3. The average molecular weight is 485 g/mol. The third-order valence-electron chi connectivity index (χ3n) is 5.14. The number of aryl methyl sites for hydroxylation is 1. The van der Waals surface area contributed by atoms with E-state index in [4.69, 9.17) is 11.6 Å². The Morgan fingerprint density at radius 2 is 1.64 bits per heavy atom. The summed E-state index contributed by atoms with van der Waals surface area (Å²) < 4.78 is 26.4. The van der Waals surface area contributed by atoms with Crippen LogP contribution in [0, 0.1) is 6.92 Å². The molecule has 1 N–H and O–H groups in total. The SMILES string of the molecule is CC[C@@H](C(=O)Nc1ccc(Cl)cc1C(=O)c1ccccc1)N(c1ccc(C)cc1)S(C)(=O)=O. The number of ketones is 1. The molecule has 0 aromatic heterocycles. The van der Waals surface area contributed by atoms with Crippen LogP contribution in [0.1, 0.15) is 34.8 Å². The zero-order valence-corrected chi connectivity index (χ0v) is 20.2. The van der Waals surface area contributed by atoms with Gasteiger partial charge in [-0.1, -0.05) is 66.6 Å². The number of hydrogen-bond acceptors (Lipinski definition) is 4. The minimum absolute atomic E-state index is 0.221. The van der Waals surface area contributed by atoms with Gasteiger partial charge < -0.3 is 5.32 Å². The van der Waals surface area contributed by atoms with Crippen LogP contribution in [0.4, 0.5) is 11.4 Å². The van der Waals surface area contributed by atoms with Crippen molar-refractivity contribution in [2.75, 3.05) is 15.9 Å². The molecule has 0 aliphatic heterocycles. The molecule has 0 spiro atoms. The van der Waals surface area contributed by atoms with Crippen molar-refractivity contribution in [3.05, 3.63) is 94.5 Å². The van der Waals surface area contributed by atoms with Crippen LogP contribution >= 0.6 is 11.6 Å². The average Bonchev–Trinajstić information content (AvgIpc) is 2.78. The largest absolute Gasteiger partial charge is 0.324 e. The highest BCUT2D eigenvalue weighted by Gasteiger charge is 2.32.